The summed E-state index contributed by atoms with van der Waals surface area (Å²) in [5.74, 6) is -0.349. The topological polar surface area (TPSA) is 69.7 Å². The fourth-order valence-electron chi connectivity index (χ4n) is 4.05. The van der Waals surface area contributed by atoms with Crippen LogP contribution in [-0.4, -0.2) is 46.3 Å². The molecule has 1 N–H and O–H groups in total. The van der Waals surface area contributed by atoms with E-state index in [9.17, 15) is 14.4 Å². The molecule has 6 heteroatoms. The lowest BCUT2D eigenvalue weighted by Gasteiger charge is -2.36. The van der Waals surface area contributed by atoms with Gasteiger partial charge in [0, 0.05) is 13.1 Å². The Morgan fingerprint density at radius 1 is 1.27 bits per heavy atom. The molecule has 6 nitrogen and oxygen atoms in total. The molecule has 1 aromatic carbocycles. The van der Waals surface area contributed by atoms with Crippen LogP contribution in [0.5, 0.6) is 0 Å². The van der Waals surface area contributed by atoms with E-state index in [0.29, 0.717) is 19.5 Å². The van der Waals surface area contributed by atoms with Crippen molar-refractivity contribution in [1.29, 1.82) is 0 Å². The smallest absolute Gasteiger partial charge is 0.325 e. The van der Waals surface area contributed by atoms with E-state index < -0.39 is 11.6 Å². The number of likely N-dealkylation sites (N-methyl/N-ethyl adjacent to an activating group) is 1. The van der Waals surface area contributed by atoms with Crippen molar-refractivity contribution in [3.8, 4) is 0 Å². The molecule has 1 saturated heterocycles. The molecular weight excluding hydrogens is 330 g/mol. The van der Waals surface area contributed by atoms with Crippen LogP contribution >= 0.6 is 0 Å². The van der Waals surface area contributed by atoms with Crippen molar-refractivity contribution in [1.82, 2.24) is 15.1 Å². The summed E-state index contributed by atoms with van der Waals surface area (Å²) in [5.41, 5.74) is 0.212. The number of carbonyl (C=O) groups is 3. The highest BCUT2D eigenvalue weighted by molar-refractivity contribution is 6.09. The van der Waals surface area contributed by atoms with Crippen LogP contribution in [0.3, 0.4) is 0 Å². The van der Waals surface area contributed by atoms with Gasteiger partial charge in [-0.1, -0.05) is 50.1 Å². The molecule has 0 radical (unpaired) electrons. The Balaban J connectivity index is 1.70. The highest BCUT2D eigenvalue weighted by atomic mass is 16.2. The Labute approximate surface area is 154 Å². The van der Waals surface area contributed by atoms with Crippen LogP contribution in [0.1, 0.15) is 45.1 Å². The number of imide groups is 1. The third-order valence-electron chi connectivity index (χ3n) is 5.75. The summed E-state index contributed by atoms with van der Waals surface area (Å²) in [6.07, 6.45) is 3.58. The molecule has 2 atom stereocenters. The summed E-state index contributed by atoms with van der Waals surface area (Å²) in [6, 6.07) is 9.27. The SMILES string of the molecule is CCN(Cc1ccccc1)C(=O)CN1C(=O)N[C@]2(CCCC[C@H]2C)C1=O. The first-order valence-corrected chi connectivity index (χ1v) is 9.43. The van der Waals surface area contributed by atoms with Crippen molar-refractivity contribution in [3.63, 3.8) is 0 Å². The van der Waals surface area contributed by atoms with Crippen molar-refractivity contribution < 1.29 is 14.4 Å². The molecule has 2 aliphatic rings. The average Bonchev–Trinajstić information content (AvgIpc) is 2.88. The van der Waals surface area contributed by atoms with Crippen LogP contribution < -0.4 is 5.32 Å². The molecule has 0 unspecified atom stereocenters. The number of hydrogen-bond acceptors (Lipinski definition) is 3. The van der Waals surface area contributed by atoms with E-state index in [1.165, 1.54) is 0 Å². The fraction of sp³-hybridized carbons (Fsp3) is 0.550. The molecule has 0 bridgehead atoms. The van der Waals surface area contributed by atoms with Crippen LogP contribution in [0.15, 0.2) is 30.3 Å². The van der Waals surface area contributed by atoms with Gasteiger partial charge < -0.3 is 10.2 Å². The minimum atomic E-state index is -0.813. The zero-order valence-corrected chi connectivity index (χ0v) is 15.5. The van der Waals surface area contributed by atoms with Gasteiger partial charge in [0.25, 0.3) is 5.91 Å². The Morgan fingerprint density at radius 2 is 2.00 bits per heavy atom. The normalized spacial score (nSPS) is 25.5. The molecule has 2 fully saturated rings. The molecule has 0 aromatic heterocycles. The van der Waals surface area contributed by atoms with Crippen molar-refractivity contribution in [2.75, 3.05) is 13.1 Å². The Kier molecular flexibility index (Phi) is 5.30. The van der Waals surface area contributed by atoms with E-state index in [0.717, 1.165) is 29.7 Å². The number of rotatable bonds is 5. The third-order valence-corrected chi connectivity index (χ3v) is 5.75. The zero-order chi connectivity index (χ0) is 18.7. The molecular formula is C20H27N3O3. The molecule has 26 heavy (non-hydrogen) atoms. The molecule has 1 spiro atoms. The van der Waals surface area contributed by atoms with Gasteiger partial charge in [-0.05, 0) is 31.2 Å². The van der Waals surface area contributed by atoms with Gasteiger partial charge >= 0.3 is 6.03 Å². The minimum absolute atomic E-state index is 0.0967. The van der Waals surface area contributed by atoms with Gasteiger partial charge in [-0.15, -0.1) is 0 Å². The van der Waals surface area contributed by atoms with Crippen LogP contribution in [-0.2, 0) is 16.1 Å². The van der Waals surface area contributed by atoms with Gasteiger partial charge in [0.05, 0.1) is 0 Å². The van der Waals surface area contributed by atoms with Gasteiger partial charge in [-0.3, -0.25) is 14.5 Å². The highest BCUT2D eigenvalue weighted by Crippen LogP contribution is 2.38. The summed E-state index contributed by atoms with van der Waals surface area (Å²) in [7, 11) is 0. The Hall–Kier alpha value is -2.37. The first-order chi connectivity index (χ1) is 12.5. The van der Waals surface area contributed by atoms with E-state index in [1.807, 2.05) is 44.2 Å². The van der Waals surface area contributed by atoms with Crippen LogP contribution in [0, 0.1) is 5.92 Å². The Morgan fingerprint density at radius 3 is 2.65 bits per heavy atom. The van der Waals surface area contributed by atoms with Crippen molar-refractivity contribution in [2.24, 2.45) is 5.92 Å². The number of nitrogens with one attached hydrogen (secondary N) is 1. The maximum atomic E-state index is 13.0. The van der Waals surface area contributed by atoms with E-state index >= 15 is 0 Å². The summed E-state index contributed by atoms with van der Waals surface area (Å²) in [4.78, 5) is 40.9. The maximum absolute atomic E-state index is 13.0. The first-order valence-electron chi connectivity index (χ1n) is 9.43. The van der Waals surface area contributed by atoms with E-state index in [2.05, 4.69) is 5.32 Å². The molecule has 1 aliphatic carbocycles. The second kappa shape index (κ2) is 7.48. The van der Waals surface area contributed by atoms with Gasteiger partial charge in [0.15, 0.2) is 0 Å². The second-order valence-corrected chi connectivity index (χ2v) is 7.33. The molecule has 3 rings (SSSR count). The lowest BCUT2D eigenvalue weighted by Crippen LogP contribution is -2.54. The fourth-order valence-corrected chi connectivity index (χ4v) is 4.05. The first kappa shape index (κ1) is 18.4. The quantitative estimate of drug-likeness (QED) is 0.823. The van der Waals surface area contributed by atoms with Crippen molar-refractivity contribution >= 4 is 17.8 Å². The molecule has 1 heterocycles. The largest absolute Gasteiger partial charge is 0.337 e. The number of benzene rings is 1. The lowest BCUT2D eigenvalue weighted by molar-refractivity contribution is -0.140. The highest BCUT2D eigenvalue weighted by Gasteiger charge is 2.55. The lowest BCUT2D eigenvalue weighted by atomic mass is 9.73. The molecule has 1 aliphatic heterocycles. The summed E-state index contributed by atoms with van der Waals surface area (Å²) in [6.45, 7) is 4.72. The third kappa shape index (κ3) is 3.32. The zero-order valence-electron chi connectivity index (χ0n) is 15.5. The molecule has 1 aromatic rings. The van der Waals surface area contributed by atoms with E-state index in [4.69, 9.17) is 0 Å². The Bertz CT molecular complexity index is 691. The molecule has 140 valence electrons. The number of carbonyl (C=O) groups excluding carboxylic acids is 3. The summed E-state index contributed by atoms with van der Waals surface area (Å²) < 4.78 is 0. The maximum Gasteiger partial charge on any atom is 0.325 e. The van der Waals surface area contributed by atoms with Gasteiger partial charge in [-0.2, -0.15) is 0 Å². The minimum Gasteiger partial charge on any atom is -0.337 e. The summed E-state index contributed by atoms with van der Waals surface area (Å²) in [5, 5.41) is 2.90. The van der Waals surface area contributed by atoms with Crippen LogP contribution in [0.4, 0.5) is 4.79 Å². The van der Waals surface area contributed by atoms with Crippen molar-refractivity contribution in [3.05, 3.63) is 35.9 Å². The van der Waals surface area contributed by atoms with E-state index in [1.54, 1.807) is 4.90 Å². The predicted molar refractivity (Wildman–Crippen MR) is 98.1 cm³/mol. The number of urea groups is 1. The summed E-state index contributed by atoms with van der Waals surface area (Å²) >= 11 is 0. The van der Waals surface area contributed by atoms with E-state index in [-0.39, 0.29) is 24.3 Å². The molecule has 4 amide bonds. The average molecular weight is 357 g/mol. The molecule has 1 saturated carbocycles. The number of hydrogen-bond donors (Lipinski definition) is 1. The standard InChI is InChI=1S/C20H27N3O3/c1-3-22(13-16-10-5-4-6-11-16)17(24)14-23-18(25)20(21-19(23)26)12-8-7-9-15(20)2/h4-6,10-11,15H,3,7-9,12-14H2,1-2H3,(H,21,26)/t15-,20+/m1/s1. The van der Waals surface area contributed by atoms with Gasteiger partial charge in [-0.25, -0.2) is 4.79 Å². The number of nitrogens with zero attached hydrogens (tertiary/aromatic N) is 2. The van der Waals surface area contributed by atoms with Gasteiger partial charge in [0.2, 0.25) is 5.91 Å². The number of amides is 4. The monoisotopic (exact) mass is 357 g/mol. The van der Waals surface area contributed by atoms with Crippen LogP contribution in [0.2, 0.25) is 0 Å². The van der Waals surface area contributed by atoms with Gasteiger partial charge in [0.1, 0.15) is 12.1 Å². The second-order valence-electron chi connectivity index (χ2n) is 7.33. The van der Waals surface area contributed by atoms with Crippen LogP contribution in [0.25, 0.3) is 0 Å². The van der Waals surface area contributed by atoms with Crippen molar-refractivity contribution in [2.45, 2.75) is 51.6 Å². The predicted octanol–water partition coefficient (Wildman–Crippen LogP) is 2.54.